The molecule has 0 aliphatic carbocycles. The number of carbonyl (C=O) groups is 1. The first-order chi connectivity index (χ1) is 7.09. The Labute approximate surface area is 107 Å². The van der Waals surface area contributed by atoms with Gasteiger partial charge in [-0.2, -0.15) is 0 Å². The summed E-state index contributed by atoms with van der Waals surface area (Å²) in [4.78, 5) is 18.7. The van der Waals surface area contributed by atoms with Crippen LogP contribution >= 0.6 is 35.6 Å². The molecule has 0 atom stereocenters. The molecule has 1 N–H and O–H groups in total. The second kappa shape index (κ2) is 4.82. The van der Waals surface area contributed by atoms with Crippen LogP contribution in [-0.4, -0.2) is 21.0 Å². The van der Waals surface area contributed by atoms with Gasteiger partial charge in [0, 0.05) is 0 Å². The van der Waals surface area contributed by atoms with E-state index in [0.717, 1.165) is 0 Å². The topological polar surface area (TPSA) is 63.1 Å². The number of carboxylic acid groups (broad SMARTS) is 1. The molecule has 1 aromatic carbocycles. The first-order valence-corrected chi connectivity index (χ1v) is 4.70. The molecule has 0 spiro atoms. The van der Waals surface area contributed by atoms with Crippen molar-refractivity contribution >= 4 is 52.6 Å². The standard InChI is InChI=1S/C9H4Cl2N2O2.ClH/c10-7-8(11)13-6-4(9(14)15)2-1-3-5(6)12-7;/h1-3H,(H,14,15);1H. The van der Waals surface area contributed by atoms with Crippen LogP contribution in [0.4, 0.5) is 0 Å². The predicted octanol–water partition coefficient (Wildman–Crippen LogP) is 3.06. The second-order valence-electron chi connectivity index (χ2n) is 2.78. The summed E-state index contributed by atoms with van der Waals surface area (Å²) >= 11 is 11.3. The van der Waals surface area contributed by atoms with Crippen LogP contribution in [0.15, 0.2) is 18.2 Å². The third-order valence-corrected chi connectivity index (χ3v) is 2.47. The lowest BCUT2D eigenvalue weighted by atomic mass is 10.2. The van der Waals surface area contributed by atoms with Crippen molar-refractivity contribution in [2.45, 2.75) is 0 Å². The highest BCUT2D eigenvalue weighted by Gasteiger charge is 2.12. The van der Waals surface area contributed by atoms with Gasteiger partial charge >= 0.3 is 5.97 Å². The average Bonchev–Trinajstić information content (AvgIpc) is 2.18. The van der Waals surface area contributed by atoms with Crippen LogP contribution in [0.1, 0.15) is 10.4 Å². The van der Waals surface area contributed by atoms with Gasteiger partial charge in [0.05, 0.1) is 11.1 Å². The fourth-order valence-corrected chi connectivity index (χ4v) is 1.47. The third kappa shape index (κ3) is 2.19. The summed E-state index contributed by atoms with van der Waals surface area (Å²) in [7, 11) is 0. The number of fused-ring (bicyclic) bond motifs is 1. The highest BCUT2D eigenvalue weighted by molar-refractivity contribution is 6.40. The van der Waals surface area contributed by atoms with E-state index in [1.807, 2.05) is 0 Å². The molecule has 0 aliphatic heterocycles. The third-order valence-electron chi connectivity index (χ3n) is 1.84. The molecular weight excluding hydrogens is 274 g/mol. The Hall–Kier alpha value is -1.10. The number of hydrogen-bond acceptors (Lipinski definition) is 3. The minimum atomic E-state index is -1.08. The highest BCUT2D eigenvalue weighted by atomic mass is 35.5. The molecule has 1 aromatic heterocycles. The molecule has 0 fully saturated rings. The van der Waals surface area contributed by atoms with Gasteiger partial charge in [-0.3, -0.25) is 0 Å². The Morgan fingerprint density at radius 3 is 2.44 bits per heavy atom. The summed E-state index contributed by atoms with van der Waals surface area (Å²) in [6, 6.07) is 4.63. The van der Waals surface area contributed by atoms with Crippen molar-refractivity contribution in [2.75, 3.05) is 0 Å². The number of aromatic nitrogens is 2. The Morgan fingerprint density at radius 1 is 1.19 bits per heavy atom. The van der Waals surface area contributed by atoms with Crippen molar-refractivity contribution in [2.24, 2.45) is 0 Å². The van der Waals surface area contributed by atoms with E-state index in [1.54, 1.807) is 12.1 Å². The summed E-state index contributed by atoms with van der Waals surface area (Å²) in [5.74, 6) is -1.08. The van der Waals surface area contributed by atoms with E-state index in [-0.39, 0.29) is 33.8 Å². The van der Waals surface area contributed by atoms with Crippen LogP contribution in [-0.2, 0) is 0 Å². The van der Waals surface area contributed by atoms with Crippen LogP contribution in [0, 0.1) is 0 Å². The van der Waals surface area contributed by atoms with Gasteiger partial charge in [0.1, 0.15) is 5.52 Å². The molecular formula is C9H5Cl3N2O2. The van der Waals surface area contributed by atoms with Gasteiger partial charge in [0.25, 0.3) is 0 Å². The fraction of sp³-hybridized carbons (Fsp3) is 0. The van der Waals surface area contributed by atoms with E-state index in [1.165, 1.54) is 6.07 Å². The van der Waals surface area contributed by atoms with Crippen molar-refractivity contribution in [3.63, 3.8) is 0 Å². The number of hydrogen-bond donors (Lipinski definition) is 1. The van der Waals surface area contributed by atoms with Gasteiger partial charge in [0.2, 0.25) is 0 Å². The average molecular weight is 280 g/mol. The molecule has 0 saturated heterocycles. The monoisotopic (exact) mass is 278 g/mol. The number of halogens is 3. The Balaban J connectivity index is 0.00000128. The first kappa shape index (κ1) is 13.0. The van der Waals surface area contributed by atoms with Gasteiger partial charge in [-0.25, -0.2) is 14.8 Å². The quantitative estimate of drug-likeness (QED) is 0.871. The lowest BCUT2D eigenvalue weighted by Crippen LogP contribution is -2.00. The van der Waals surface area contributed by atoms with Crippen molar-refractivity contribution in [3.8, 4) is 0 Å². The van der Waals surface area contributed by atoms with E-state index in [0.29, 0.717) is 5.52 Å². The highest BCUT2D eigenvalue weighted by Crippen LogP contribution is 2.23. The van der Waals surface area contributed by atoms with E-state index in [9.17, 15) is 4.79 Å². The smallest absolute Gasteiger partial charge is 0.337 e. The molecule has 16 heavy (non-hydrogen) atoms. The zero-order valence-electron chi connectivity index (χ0n) is 7.65. The maximum Gasteiger partial charge on any atom is 0.337 e. The molecule has 84 valence electrons. The van der Waals surface area contributed by atoms with Crippen LogP contribution in [0.5, 0.6) is 0 Å². The minimum Gasteiger partial charge on any atom is -0.478 e. The van der Waals surface area contributed by atoms with Crippen molar-refractivity contribution in [1.82, 2.24) is 9.97 Å². The number of carboxylic acids is 1. The molecule has 1 heterocycles. The van der Waals surface area contributed by atoms with Gasteiger partial charge in [-0.1, -0.05) is 29.3 Å². The second-order valence-corrected chi connectivity index (χ2v) is 3.50. The number of rotatable bonds is 1. The lowest BCUT2D eigenvalue weighted by Gasteiger charge is -2.02. The van der Waals surface area contributed by atoms with Crippen LogP contribution in [0.25, 0.3) is 11.0 Å². The minimum absolute atomic E-state index is 0. The van der Waals surface area contributed by atoms with Crippen molar-refractivity contribution < 1.29 is 9.90 Å². The molecule has 0 amide bonds. The SMILES string of the molecule is Cl.O=C(O)c1cccc2nc(Cl)c(Cl)nc12. The Bertz CT molecular complexity index is 560. The number of para-hydroxylation sites is 1. The van der Waals surface area contributed by atoms with E-state index < -0.39 is 5.97 Å². The van der Waals surface area contributed by atoms with Crippen molar-refractivity contribution in [3.05, 3.63) is 34.1 Å². The zero-order valence-corrected chi connectivity index (χ0v) is 9.97. The molecule has 0 saturated carbocycles. The van der Waals surface area contributed by atoms with Gasteiger partial charge in [0.15, 0.2) is 10.3 Å². The Morgan fingerprint density at radius 2 is 1.81 bits per heavy atom. The Kier molecular flexibility index (Phi) is 3.91. The molecule has 2 rings (SSSR count). The largest absolute Gasteiger partial charge is 0.478 e. The maximum absolute atomic E-state index is 10.9. The number of aromatic carboxylic acids is 1. The number of benzene rings is 1. The normalized spacial score (nSPS) is 9.88. The first-order valence-electron chi connectivity index (χ1n) is 3.94. The summed E-state index contributed by atoms with van der Waals surface area (Å²) in [5, 5.41) is 8.96. The van der Waals surface area contributed by atoms with Crippen LogP contribution in [0.2, 0.25) is 10.3 Å². The molecule has 0 unspecified atom stereocenters. The van der Waals surface area contributed by atoms with E-state index >= 15 is 0 Å². The summed E-state index contributed by atoms with van der Waals surface area (Å²) < 4.78 is 0. The van der Waals surface area contributed by atoms with Gasteiger partial charge < -0.3 is 5.11 Å². The van der Waals surface area contributed by atoms with Gasteiger partial charge in [-0.15, -0.1) is 12.4 Å². The lowest BCUT2D eigenvalue weighted by molar-refractivity contribution is 0.0699. The molecule has 4 nitrogen and oxygen atoms in total. The maximum atomic E-state index is 10.9. The van der Waals surface area contributed by atoms with Crippen LogP contribution < -0.4 is 0 Å². The summed E-state index contributed by atoms with van der Waals surface area (Å²) in [6.45, 7) is 0. The zero-order chi connectivity index (χ0) is 11.0. The molecule has 0 bridgehead atoms. The van der Waals surface area contributed by atoms with Crippen molar-refractivity contribution in [1.29, 1.82) is 0 Å². The fourth-order valence-electron chi connectivity index (χ4n) is 1.21. The molecule has 0 radical (unpaired) electrons. The molecule has 2 aromatic rings. The van der Waals surface area contributed by atoms with Gasteiger partial charge in [-0.05, 0) is 12.1 Å². The van der Waals surface area contributed by atoms with E-state index in [4.69, 9.17) is 28.3 Å². The molecule has 7 heteroatoms. The van der Waals surface area contributed by atoms with E-state index in [2.05, 4.69) is 9.97 Å². The predicted molar refractivity (Wildman–Crippen MR) is 63.8 cm³/mol. The summed E-state index contributed by atoms with van der Waals surface area (Å²) in [5.41, 5.74) is 0.697. The number of nitrogens with zero attached hydrogens (tertiary/aromatic N) is 2. The molecule has 0 aliphatic rings. The summed E-state index contributed by atoms with van der Waals surface area (Å²) in [6.07, 6.45) is 0. The van der Waals surface area contributed by atoms with Crippen LogP contribution in [0.3, 0.4) is 0 Å².